The minimum atomic E-state index is -3.08. The summed E-state index contributed by atoms with van der Waals surface area (Å²) in [5, 5.41) is 7.53. The Bertz CT molecular complexity index is 976. The zero-order valence-electron chi connectivity index (χ0n) is 15.1. The van der Waals surface area contributed by atoms with Crippen LogP contribution in [0.3, 0.4) is 0 Å². The lowest BCUT2D eigenvalue weighted by Gasteiger charge is -2.23. The van der Waals surface area contributed by atoms with E-state index in [1.165, 1.54) is 5.56 Å². The lowest BCUT2D eigenvalue weighted by atomic mass is 10.0. The molecule has 6 nitrogen and oxygen atoms in total. The first-order valence-corrected chi connectivity index (χ1v) is 10.8. The highest BCUT2D eigenvalue weighted by Crippen LogP contribution is 2.29. The maximum absolute atomic E-state index is 12.9. The van der Waals surface area contributed by atoms with Crippen LogP contribution in [0.5, 0.6) is 0 Å². The molecule has 1 saturated heterocycles. The molecule has 7 heteroatoms. The van der Waals surface area contributed by atoms with Gasteiger partial charge in [-0.2, -0.15) is 5.10 Å². The number of hydrogen-bond donors (Lipinski definition) is 1. The van der Waals surface area contributed by atoms with Crippen molar-refractivity contribution >= 4 is 15.7 Å². The quantitative estimate of drug-likeness (QED) is 0.892. The summed E-state index contributed by atoms with van der Waals surface area (Å²) in [6.45, 7) is 3.83. The highest BCUT2D eigenvalue weighted by Gasteiger charge is 2.40. The first-order valence-electron chi connectivity index (χ1n) is 8.97. The number of amides is 1. The number of carbonyl (C=O) groups excluding carboxylic acids is 1. The highest BCUT2D eigenvalue weighted by atomic mass is 32.2. The Labute approximate surface area is 153 Å². The maximum Gasteiger partial charge on any atom is 0.272 e. The van der Waals surface area contributed by atoms with Crippen LogP contribution in [0.25, 0.3) is 5.69 Å². The van der Waals surface area contributed by atoms with Crippen LogP contribution in [-0.4, -0.2) is 41.2 Å². The van der Waals surface area contributed by atoms with Gasteiger partial charge in [-0.05, 0) is 51.7 Å². The molecule has 138 valence electrons. The molecule has 0 radical (unpaired) electrons. The number of nitrogens with one attached hydrogen (secondary N) is 1. The Kier molecular flexibility index (Phi) is 3.95. The molecule has 0 spiro atoms. The summed E-state index contributed by atoms with van der Waals surface area (Å²) >= 11 is 0. The lowest BCUT2D eigenvalue weighted by molar-refractivity contribution is 0.0909. The minimum Gasteiger partial charge on any atom is -0.344 e. The van der Waals surface area contributed by atoms with E-state index in [2.05, 4.69) is 10.4 Å². The summed E-state index contributed by atoms with van der Waals surface area (Å²) in [6.07, 6.45) is 3.18. The fraction of sp³-hybridized carbons (Fsp3) is 0.474. The van der Waals surface area contributed by atoms with Crippen molar-refractivity contribution in [1.29, 1.82) is 0 Å². The predicted molar refractivity (Wildman–Crippen MR) is 99.5 cm³/mol. The van der Waals surface area contributed by atoms with Crippen molar-refractivity contribution in [2.45, 2.75) is 45.1 Å². The van der Waals surface area contributed by atoms with E-state index in [-0.39, 0.29) is 17.4 Å². The van der Waals surface area contributed by atoms with Gasteiger partial charge in [-0.25, -0.2) is 13.1 Å². The van der Waals surface area contributed by atoms with E-state index in [0.717, 1.165) is 36.2 Å². The van der Waals surface area contributed by atoms with Crippen molar-refractivity contribution in [2.24, 2.45) is 0 Å². The molecule has 0 bridgehead atoms. The van der Waals surface area contributed by atoms with E-state index in [0.29, 0.717) is 12.1 Å². The van der Waals surface area contributed by atoms with Gasteiger partial charge in [-0.1, -0.05) is 17.7 Å². The topological polar surface area (TPSA) is 81.1 Å². The number of aromatic nitrogens is 2. The van der Waals surface area contributed by atoms with Crippen LogP contribution in [0.4, 0.5) is 0 Å². The summed E-state index contributed by atoms with van der Waals surface area (Å²) in [6, 6.07) is 8.08. The molecular formula is C19H23N3O3S. The minimum absolute atomic E-state index is 0.00734. The predicted octanol–water partition coefficient (Wildman–Crippen LogP) is 1.98. The molecule has 1 atom stereocenters. The maximum atomic E-state index is 12.9. The summed E-state index contributed by atoms with van der Waals surface area (Å²) in [7, 11) is -3.08. The number of rotatable bonds is 3. The van der Waals surface area contributed by atoms with Crippen molar-refractivity contribution < 1.29 is 13.2 Å². The van der Waals surface area contributed by atoms with Gasteiger partial charge in [0.15, 0.2) is 15.5 Å². The number of aryl methyl sites for hydroxylation is 1. The normalized spacial score (nSPS) is 23.8. The number of benzene rings is 1. The van der Waals surface area contributed by atoms with Gasteiger partial charge < -0.3 is 5.32 Å². The molecule has 0 saturated carbocycles. The summed E-state index contributed by atoms with van der Waals surface area (Å²) < 4.78 is 25.5. The van der Waals surface area contributed by atoms with Crippen molar-refractivity contribution in [3.63, 3.8) is 0 Å². The molecule has 1 unspecified atom stereocenters. The first-order chi connectivity index (χ1) is 12.3. The third-order valence-corrected chi connectivity index (χ3v) is 7.25. The fourth-order valence-electron chi connectivity index (χ4n) is 3.96. The number of hydrogen-bond acceptors (Lipinski definition) is 4. The molecule has 2 heterocycles. The average molecular weight is 373 g/mol. The Morgan fingerprint density at radius 1 is 1.23 bits per heavy atom. The summed E-state index contributed by atoms with van der Waals surface area (Å²) in [5.74, 6) is -0.152. The standard InChI is InChI=1S/C19H23N3O3S/c1-13-6-8-14(9-7-13)22-16-5-3-4-15(16)17(21-22)18(23)20-19(2)10-11-26(24,25)12-19/h6-9H,3-5,10-12H2,1-2H3,(H,20,23). The molecule has 1 aliphatic heterocycles. The molecule has 4 rings (SSSR count). The molecule has 1 aliphatic carbocycles. The van der Waals surface area contributed by atoms with Crippen LogP contribution < -0.4 is 5.32 Å². The first kappa shape index (κ1) is 17.3. The van der Waals surface area contributed by atoms with Gasteiger partial charge in [0, 0.05) is 11.3 Å². The lowest BCUT2D eigenvalue weighted by Crippen LogP contribution is -2.47. The van der Waals surface area contributed by atoms with Crippen molar-refractivity contribution in [3.8, 4) is 5.69 Å². The number of nitrogens with zero attached hydrogens (tertiary/aromatic N) is 2. The Morgan fingerprint density at radius 3 is 2.62 bits per heavy atom. The fourth-order valence-corrected chi connectivity index (χ4v) is 6.05. The van der Waals surface area contributed by atoms with E-state index in [9.17, 15) is 13.2 Å². The molecular weight excluding hydrogens is 350 g/mol. The summed E-state index contributed by atoms with van der Waals surface area (Å²) in [4.78, 5) is 12.9. The summed E-state index contributed by atoms with van der Waals surface area (Å²) in [5.41, 5.74) is 3.92. The van der Waals surface area contributed by atoms with Gasteiger partial charge in [0.25, 0.3) is 5.91 Å². The second-order valence-corrected chi connectivity index (χ2v) is 9.92. The van der Waals surface area contributed by atoms with Crippen molar-refractivity contribution in [1.82, 2.24) is 15.1 Å². The van der Waals surface area contributed by atoms with E-state index < -0.39 is 15.4 Å². The average Bonchev–Trinajstić information content (AvgIpc) is 3.22. The van der Waals surface area contributed by atoms with Crippen LogP contribution in [0.15, 0.2) is 24.3 Å². The number of fused-ring (bicyclic) bond motifs is 1. The molecule has 1 aromatic heterocycles. The number of sulfone groups is 1. The van der Waals surface area contributed by atoms with Crippen molar-refractivity contribution in [3.05, 3.63) is 46.8 Å². The Balaban J connectivity index is 1.66. The van der Waals surface area contributed by atoms with Gasteiger partial charge in [0.2, 0.25) is 0 Å². The van der Waals surface area contributed by atoms with E-state index in [4.69, 9.17) is 0 Å². The number of carbonyl (C=O) groups is 1. The second kappa shape index (κ2) is 5.94. The third kappa shape index (κ3) is 3.05. The van der Waals surface area contributed by atoms with Gasteiger partial charge in [0.1, 0.15) is 0 Å². The van der Waals surface area contributed by atoms with Crippen LogP contribution in [-0.2, 0) is 22.7 Å². The van der Waals surface area contributed by atoms with E-state index in [1.54, 1.807) is 6.92 Å². The van der Waals surface area contributed by atoms with E-state index >= 15 is 0 Å². The monoisotopic (exact) mass is 373 g/mol. The van der Waals surface area contributed by atoms with Gasteiger partial charge in [-0.3, -0.25) is 4.79 Å². The van der Waals surface area contributed by atoms with Crippen LogP contribution in [0.2, 0.25) is 0 Å². The largest absolute Gasteiger partial charge is 0.344 e. The van der Waals surface area contributed by atoms with Crippen LogP contribution >= 0.6 is 0 Å². The molecule has 2 aromatic rings. The van der Waals surface area contributed by atoms with Gasteiger partial charge in [0.05, 0.1) is 22.7 Å². The van der Waals surface area contributed by atoms with Crippen LogP contribution in [0, 0.1) is 6.92 Å². The zero-order valence-corrected chi connectivity index (χ0v) is 15.9. The Hall–Kier alpha value is -2.15. The van der Waals surface area contributed by atoms with Crippen molar-refractivity contribution in [2.75, 3.05) is 11.5 Å². The zero-order chi connectivity index (χ0) is 18.5. The SMILES string of the molecule is Cc1ccc(-n2nc(C(=O)NC3(C)CCS(=O)(=O)C3)c3c2CCC3)cc1. The molecule has 1 fully saturated rings. The van der Waals surface area contributed by atoms with E-state index in [1.807, 2.05) is 35.9 Å². The molecule has 1 aromatic carbocycles. The molecule has 1 N–H and O–H groups in total. The van der Waals surface area contributed by atoms with Crippen LogP contribution in [0.1, 0.15) is 47.1 Å². The Morgan fingerprint density at radius 2 is 1.96 bits per heavy atom. The van der Waals surface area contributed by atoms with Gasteiger partial charge >= 0.3 is 0 Å². The molecule has 1 amide bonds. The van der Waals surface area contributed by atoms with Gasteiger partial charge in [-0.15, -0.1) is 0 Å². The second-order valence-electron chi connectivity index (χ2n) is 7.73. The highest BCUT2D eigenvalue weighted by molar-refractivity contribution is 7.91. The third-order valence-electron chi connectivity index (χ3n) is 5.34. The molecule has 26 heavy (non-hydrogen) atoms. The molecule has 2 aliphatic rings. The smallest absolute Gasteiger partial charge is 0.272 e.